The number of nitrogens with zero attached hydrogens (tertiary/aromatic N) is 2. The van der Waals surface area contributed by atoms with Crippen molar-refractivity contribution in [3.63, 3.8) is 0 Å². The lowest BCUT2D eigenvalue weighted by atomic mass is 9.98. The number of likely N-dealkylation sites (tertiary alicyclic amines) is 1. The fourth-order valence-electron chi connectivity index (χ4n) is 2.94. The summed E-state index contributed by atoms with van der Waals surface area (Å²) >= 11 is 0. The van der Waals surface area contributed by atoms with Crippen molar-refractivity contribution in [3.8, 4) is 0 Å². The minimum absolute atomic E-state index is 0.0334. The summed E-state index contributed by atoms with van der Waals surface area (Å²) in [5.74, 6) is 0.0175. The molecule has 110 valence electrons. The van der Waals surface area contributed by atoms with Crippen LogP contribution in [-0.2, 0) is 14.3 Å². The predicted molar refractivity (Wildman–Crippen MR) is 73.0 cm³/mol. The van der Waals surface area contributed by atoms with Crippen LogP contribution in [0, 0.1) is 5.92 Å². The van der Waals surface area contributed by atoms with E-state index in [1.165, 1.54) is 0 Å². The second kappa shape index (κ2) is 7.22. The number of carbonyl (C=O) groups is 1. The Labute approximate surface area is 115 Å². The summed E-state index contributed by atoms with van der Waals surface area (Å²) in [5, 5.41) is 0. The lowest BCUT2D eigenvalue weighted by molar-refractivity contribution is -0.150. The van der Waals surface area contributed by atoms with Crippen LogP contribution in [0.2, 0.25) is 0 Å². The molecule has 5 nitrogen and oxygen atoms in total. The molecule has 2 atom stereocenters. The smallest absolute Gasteiger partial charge is 0.310 e. The molecule has 0 amide bonds. The first-order chi connectivity index (χ1) is 9.19. The van der Waals surface area contributed by atoms with Gasteiger partial charge in [-0.25, -0.2) is 0 Å². The van der Waals surface area contributed by atoms with Crippen LogP contribution < -0.4 is 0 Å². The van der Waals surface area contributed by atoms with Crippen molar-refractivity contribution < 1.29 is 14.3 Å². The molecule has 0 spiro atoms. The minimum atomic E-state index is -0.0334. The van der Waals surface area contributed by atoms with Gasteiger partial charge in [0, 0.05) is 26.2 Å². The molecule has 2 heterocycles. The van der Waals surface area contributed by atoms with Crippen molar-refractivity contribution in [2.45, 2.75) is 25.9 Å². The molecule has 2 rings (SSSR count). The number of ether oxygens (including phenoxy) is 2. The summed E-state index contributed by atoms with van der Waals surface area (Å²) in [6, 6.07) is 0. The number of hydrogen-bond acceptors (Lipinski definition) is 5. The van der Waals surface area contributed by atoms with Gasteiger partial charge in [-0.05, 0) is 33.4 Å². The van der Waals surface area contributed by atoms with Crippen LogP contribution in [0.4, 0.5) is 0 Å². The first-order valence-electron chi connectivity index (χ1n) is 7.38. The highest BCUT2D eigenvalue weighted by Gasteiger charge is 2.29. The fraction of sp³-hybridized carbons (Fsp3) is 0.929. The van der Waals surface area contributed by atoms with E-state index in [1.54, 1.807) is 0 Å². The van der Waals surface area contributed by atoms with Crippen molar-refractivity contribution in [2.75, 3.05) is 53.0 Å². The predicted octanol–water partition coefficient (Wildman–Crippen LogP) is 0.592. The van der Waals surface area contributed by atoms with Gasteiger partial charge in [0.05, 0.1) is 25.2 Å². The average Bonchev–Trinajstić information content (AvgIpc) is 2.39. The quantitative estimate of drug-likeness (QED) is 0.700. The Morgan fingerprint density at radius 1 is 1.37 bits per heavy atom. The summed E-state index contributed by atoms with van der Waals surface area (Å²) in [6.45, 7) is 7.98. The number of likely N-dealkylation sites (N-methyl/N-ethyl adjacent to an activating group) is 1. The Morgan fingerprint density at radius 3 is 2.95 bits per heavy atom. The Morgan fingerprint density at radius 2 is 2.21 bits per heavy atom. The van der Waals surface area contributed by atoms with Gasteiger partial charge in [0.1, 0.15) is 0 Å². The second-order valence-corrected chi connectivity index (χ2v) is 5.61. The zero-order valence-electron chi connectivity index (χ0n) is 12.1. The fourth-order valence-corrected chi connectivity index (χ4v) is 2.94. The van der Waals surface area contributed by atoms with E-state index in [1.807, 2.05) is 6.92 Å². The van der Waals surface area contributed by atoms with E-state index >= 15 is 0 Å². The van der Waals surface area contributed by atoms with Crippen LogP contribution >= 0.6 is 0 Å². The third kappa shape index (κ3) is 4.44. The number of morpholine rings is 1. The highest BCUT2D eigenvalue weighted by molar-refractivity contribution is 5.72. The number of rotatable bonds is 4. The summed E-state index contributed by atoms with van der Waals surface area (Å²) in [7, 11) is 2.13. The first-order valence-corrected chi connectivity index (χ1v) is 7.38. The van der Waals surface area contributed by atoms with E-state index in [-0.39, 0.29) is 18.0 Å². The van der Waals surface area contributed by atoms with Crippen molar-refractivity contribution in [3.05, 3.63) is 0 Å². The molecule has 0 N–H and O–H groups in total. The highest BCUT2D eigenvalue weighted by atomic mass is 16.5. The van der Waals surface area contributed by atoms with Crippen molar-refractivity contribution >= 4 is 5.97 Å². The van der Waals surface area contributed by atoms with Crippen LogP contribution in [0.1, 0.15) is 19.8 Å². The van der Waals surface area contributed by atoms with Gasteiger partial charge in [-0.2, -0.15) is 0 Å². The van der Waals surface area contributed by atoms with E-state index in [0.29, 0.717) is 6.61 Å². The Hall–Kier alpha value is -0.650. The zero-order chi connectivity index (χ0) is 13.7. The third-order valence-corrected chi connectivity index (χ3v) is 3.93. The van der Waals surface area contributed by atoms with E-state index in [9.17, 15) is 4.79 Å². The maximum atomic E-state index is 11.8. The van der Waals surface area contributed by atoms with E-state index in [4.69, 9.17) is 9.47 Å². The van der Waals surface area contributed by atoms with Crippen LogP contribution in [0.3, 0.4) is 0 Å². The molecule has 2 saturated heterocycles. The van der Waals surface area contributed by atoms with Gasteiger partial charge < -0.3 is 14.4 Å². The van der Waals surface area contributed by atoms with Crippen LogP contribution in [0.5, 0.6) is 0 Å². The average molecular weight is 270 g/mol. The molecule has 0 aliphatic carbocycles. The van der Waals surface area contributed by atoms with E-state index in [0.717, 1.165) is 52.2 Å². The van der Waals surface area contributed by atoms with Gasteiger partial charge in [0.25, 0.3) is 0 Å². The molecular formula is C14H26N2O3. The van der Waals surface area contributed by atoms with Crippen LogP contribution in [-0.4, -0.2) is 74.9 Å². The molecule has 2 fully saturated rings. The summed E-state index contributed by atoms with van der Waals surface area (Å²) in [6.07, 6.45) is 2.31. The molecule has 0 aromatic rings. The van der Waals surface area contributed by atoms with Gasteiger partial charge in [-0.1, -0.05) is 0 Å². The van der Waals surface area contributed by atoms with Crippen LogP contribution in [0.25, 0.3) is 0 Å². The van der Waals surface area contributed by atoms with Gasteiger partial charge in [-0.15, -0.1) is 0 Å². The molecule has 1 unspecified atom stereocenters. The SMILES string of the molecule is CCOC(=O)[C@@H]1CCCN(CC2CN(C)CCO2)C1. The first kappa shape index (κ1) is 14.8. The van der Waals surface area contributed by atoms with E-state index in [2.05, 4.69) is 16.8 Å². The topological polar surface area (TPSA) is 42.0 Å². The molecule has 2 aliphatic heterocycles. The minimum Gasteiger partial charge on any atom is -0.466 e. The van der Waals surface area contributed by atoms with Gasteiger partial charge in [-0.3, -0.25) is 9.69 Å². The monoisotopic (exact) mass is 270 g/mol. The molecule has 19 heavy (non-hydrogen) atoms. The normalized spacial score (nSPS) is 30.2. The maximum absolute atomic E-state index is 11.8. The zero-order valence-corrected chi connectivity index (χ0v) is 12.1. The van der Waals surface area contributed by atoms with Gasteiger partial charge in [0.15, 0.2) is 0 Å². The van der Waals surface area contributed by atoms with Crippen molar-refractivity contribution in [1.82, 2.24) is 9.80 Å². The molecule has 0 aromatic heterocycles. The summed E-state index contributed by atoms with van der Waals surface area (Å²) in [5.41, 5.74) is 0. The number of piperidine rings is 1. The van der Waals surface area contributed by atoms with Crippen molar-refractivity contribution in [2.24, 2.45) is 5.92 Å². The van der Waals surface area contributed by atoms with Crippen molar-refractivity contribution in [1.29, 1.82) is 0 Å². The van der Waals surface area contributed by atoms with E-state index < -0.39 is 0 Å². The Kier molecular flexibility index (Phi) is 5.60. The highest BCUT2D eigenvalue weighted by Crippen LogP contribution is 2.19. The molecule has 5 heteroatoms. The van der Waals surface area contributed by atoms with Crippen LogP contribution in [0.15, 0.2) is 0 Å². The maximum Gasteiger partial charge on any atom is 0.310 e. The molecule has 2 aliphatic rings. The molecule has 0 bridgehead atoms. The van der Waals surface area contributed by atoms with Gasteiger partial charge in [0.2, 0.25) is 0 Å². The largest absolute Gasteiger partial charge is 0.466 e. The molecular weight excluding hydrogens is 244 g/mol. The second-order valence-electron chi connectivity index (χ2n) is 5.61. The number of esters is 1. The number of hydrogen-bond donors (Lipinski definition) is 0. The Balaban J connectivity index is 1.78. The summed E-state index contributed by atoms with van der Waals surface area (Å²) in [4.78, 5) is 16.5. The molecule has 0 aromatic carbocycles. The Bertz CT molecular complexity index is 298. The molecule has 0 saturated carbocycles. The number of carbonyl (C=O) groups excluding carboxylic acids is 1. The standard InChI is InChI=1S/C14H26N2O3/c1-3-18-14(17)12-5-4-6-16(9-12)11-13-10-15(2)7-8-19-13/h12-13H,3-11H2,1-2H3/t12-,13?/m1/s1. The molecule has 0 radical (unpaired) electrons. The lowest BCUT2D eigenvalue weighted by Gasteiger charge is -2.37. The summed E-state index contributed by atoms with van der Waals surface area (Å²) < 4.78 is 10.9. The third-order valence-electron chi connectivity index (χ3n) is 3.93. The van der Waals surface area contributed by atoms with Gasteiger partial charge >= 0.3 is 5.97 Å². The lowest BCUT2D eigenvalue weighted by Crippen LogP contribution is -2.49.